The lowest BCUT2D eigenvalue weighted by atomic mass is 9.90. The molecule has 1 atom stereocenters. The van der Waals surface area contributed by atoms with Gasteiger partial charge in [0.2, 0.25) is 5.91 Å². The molecule has 1 saturated heterocycles. The molecule has 1 unspecified atom stereocenters. The van der Waals surface area contributed by atoms with Gasteiger partial charge in [0.25, 0.3) is 5.56 Å². The second-order valence-corrected chi connectivity index (χ2v) is 9.63. The van der Waals surface area contributed by atoms with E-state index in [1.165, 1.54) is 12.1 Å². The van der Waals surface area contributed by atoms with E-state index >= 15 is 0 Å². The summed E-state index contributed by atoms with van der Waals surface area (Å²) in [4.78, 5) is 30.3. The van der Waals surface area contributed by atoms with E-state index < -0.39 is 17.0 Å². The van der Waals surface area contributed by atoms with E-state index in [1.807, 2.05) is 13.8 Å². The third kappa shape index (κ3) is 4.21. The minimum Gasteiger partial charge on any atom is -0.313 e. The highest BCUT2D eigenvalue weighted by Gasteiger charge is 2.41. The van der Waals surface area contributed by atoms with Crippen molar-refractivity contribution in [2.45, 2.75) is 38.6 Å². The molecular formula is C24H30F2N4O2. The summed E-state index contributed by atoms with van der Waals surface area (Å²) < 4.78 is 29.1. The van der Waals surface area contributed by atoms with Crippen LogP contribution in [0.5, 0.6) is 0 Å². The lowest BCUT2D eigenvalue weighted by Crippen LogP contribution is -2.52. The maximum absolute atomic E-state index is 14.2. The Kier molecular flexibility index (Phi) is 5.94. The number of nitrogens with zero attached hydrogens (tertiary/aromatic N) is 3. The molecule has 0 aliphatic carbocycles. The van der Waals surface area contributed by atoms with Gasteiger partial charge in [-0.25, -0.2) is 8.78 Å². The topological polar surface area (TPSA) is 57.6 Å². The minimum atomic E-state index is -0.686. The molecule has 0 spiro atoms. The monoisotopic (exact) mass is 444 g/mol. The molecule has 1 amide bonds. The lowest BCUT2D eigenvalue weighted by molar-refractivity contribution is -0.120. The van der Waals surface area contributed by atoms with Crippen LogP contribution in [-0.2, 0) is 23.7 Å². The van der Waals surface area contributed by atoms with Crippen LogP contribution in [0.1, 0.15) is 37.6 Å². The van der Waals surface area contributed by atoms with E-state index in [0.717, 1.165) is 31.4 Å². The molecular weight excluding hydrogens is 414 g/mol. The first-order valence-corrected chi connectivity index (χ1v) is 11.0. The number of anilines is 1. The van der Waals surface area contributed by atoms with Crippen LogP contribution >= 0.6 is 0 Å². The molecule has 0 saturated carbocycles. The number of benzene rings is 1. The van der Waals surface area contributed by atoms with Gasteiger partial charge >= 0.3 is 0 Å². The highest BCUT2D eigenvalue weighted by Crippen LogP contribution is 2.40. The maximum atomic E-state index is 14.2. The number of nitrogens with one attached hydrogen (secondary N) is 1. The SMILES string of the molecule is CC1CN(CC(=O)N2CC(C)(C)c3c2cc(Cc2ccc(F)cc2F)c(=O)n3C)CCN1. The maximum Gasteiger partial charge on any atom is 0.254 e. The van der Waals surface area contributed by atoms with Crippen molar-refractivity contribution in [2.24, 2.45) is 7.05 Å². The molecule has 0 bridgehead atoms. The molecule has 2 aliphatic rings. The summed E-state index contributed by atoms with van der Waals surface area (Å²) in [6.45, 7) is 9.38. The predicted octanol–water partition coefficient (Wildman–Crippen LogP) is 2.17. The quantitative estimate of drug-likeness (QED) is 0.786. The van der Waals surface area contributed by atoms with Crippen molar-refractivity contribution in [3.8, 4) is 0 Å². The molecule has 0 radical (unpaired) electrons. The van der Waals surface area contributed by atoms with E-state index in [1.54, 1.807) is 22.6 Å². The Balaban J connectivity index is 1.68. The average molecular weight is 445 g/mol. The van der Waals surface area contributed by atoms with Crippen LogP contribution in [-0.4, -0.2) is 54.1 Å². The van der Waals surface area contributed by atoms with Gasteiger partial charge in [-0.3, -0.25) is 14.5 Å². The molecule has 2 aromatic rings. The summed E-state index contributed by atoms with van der Waals surface area (Å²) in [5, 5.41) is 3.38. The van der Waals surface area contributed by atoms with Gasteiger partial charge in [0.1, 0.15) is 11.6 Å². The number of hydrogen-bond acceptors (Lipinski definition) is 4. The molecule has 2 aliphatic heterocycles. The van der Waals surface area contributed by atoms with Gasteiger partial charge in [-0.15, -0.1) is 0 Å². The number of halogens is 2. The number of rotatable bonds is 4. The normalized spacial score (nSPS) is 20.4. The van der Waals surface area contributed by atoms with E-state index in [9.17, 15) is 18.4 Å². The Morgan fingerprint density at radius 2 is 1.97 bits per heavy atom. The number of carbonyl (C=O) groups excluding carboxylic acids is 1. The summed E-state index contributed by atoms with van der Waals surface area (Å²) in [6, 6.07) is 5.41. The van der Waals surface area contributed by atoms with E-state index in [4.69, 9.17) is 0 Å². The Morgan fingerprint density at radius 1 is 1.22 bits per heavy atom. The van der Waals surface area contributed by atoms with Crippen LogP contribution in [0, 0.1) is 11.6 Å². The van der Waals surface area contributed by atoms with Crippen molar-refractivity contribution in [1.29, 1.82) is 0 Å². The number of carbonyl (C=O) groups is 1. The third-order valence-electron chi connectivity index (χ3n) is 6.46. The van der Waals surface area contributed by atoms with Crippen molar-refractivity contribution >= 4 is 11.6 Å². The van der Waals surface area contributed by atoms with Crippen LogP contribution in [0.4, 0.5) is 14.5 Å². The van der Waals surface area contributed by atoms with Gasteiger partial charge in [0.15, 0.2) is 0 Å². The number of fused-ring (bicyclic) bond motifs is 1. The summed E-state index contributed by atoms with van der Waals surface area (Å²) in [5.74, 6) is -1.36. The van der Waals surface area contributed by atoms with Crippen LogP contribution < -0.4 is 15.8 Å². The highest BCUT2D eigenvalue weighted by molar-refractivity contribution is 5.97. The van der Waals surface area contributed by atoms with Gasteiger partial charge in [-0.1, -0.05) is 19.9 Å². The Labute approximate surface area is 186 Å². The molecule has 4 rings (SSSR count). The second kappa shape index (κ2) is 8.41. The van der Waals surface area contributed by atoms with Gasteiger partial charge in [-0.2, -0.15) is 0 Å². The highest BCUT2D eigenvalue weighted by atomic mass is 19.1. The van der Waals surface area contributed by atoms with E-state index in [2.05, 4.69) is 17.1 Å². The molecule has 1 aromatic heterocycles. The molecule has 1 N–H and O–H groups in total. The number of pyridine rings is 1. The smallest absolute Gasteiger partial charge is 0.254 e. The molecule has 32 heavy (non-hydrogen) atoms. The van der Waals surface area contributed by atoms with Crippen molar-refractivity contribution < 1.29 is 13.6 Å². The fourth-order valence-electron chi connectivity index (χ4n) is 5.00. The summed E-state index contributed by atoms with van der Waals surface area (Å²) in [7, 11) is 1.69. The van der Waals surface area contributed by atoms with E-state index in [0.29, 0.717) is 30.4 Å². The fraction of sp³-hybridized carbons (Fsp3) is 0.500. The molecule has 8 heteroatoms. The average Bonchev–Trinajstić information content (AvgIpc) is 2.98. The van der Waals surface area contributed by atoms with Gasteiger partial charge in [-0.05, 0) is 24.6 Å². The van der Waals surface area contributed by atoms with E-state index in [-0.39, 0.29) is 23.5 Å². The molecule has 6 nitrogen and oxygen atoms in total. The molecule has 1 aromatic carbocycles. The van der Waals surface area contributed by atoms with Crippen molar-refractivity contribution in [1.82, 2.24) is 14.8 Å². The Bertz CT molecular complexity index is 1110. The first-order valence-electron chi connectivity index (χ1n) is 11.0. The first-order chi connectivity index (χ1) is 15.1. The summed E-state index contributed by atoms with van der Waals surface area (Å²) >= 11 is 0. The third-order valence-corrected chi connectivity index (χ3v) is 6.46. The Hall–Kier alpha value is -2.58. The summed E-state index contributed by atoms with van der Waals surface area (Å²) in [5.41, 5.74) is 1.49. The molecule has 3 heterocycles. The Morgan fingerprint density at radius 3 is 2.66 bits per heavy atom. The van der Waals surface area contributed by atoms with Crippen molar-refractivity contribution in [2.75, 3.05) is 37.6 Å². The number of aromatic nitrogens is 1. The number of piperazine rings is 1. The first kappa shape index (κ1) is 22.6. The molecule has 172 valence electrons. The van der Waals surface area contributed by atoms with Gasteiger partial charge in [0, 0.05) is 62.7 Å². The molecule has 1 fully saturated rings. The van der Waals surface area contributed by atoms with Crippen LogP contribution in [0.3, 0.4) is 0 Å². The van der Waals surface area contributed by atoms with Crippen LogP contribution in [0.25, 0.3) is 0 Å². The predicted molar refractivity (Wildman–Crippen MR) is 120 cm³/mol. The number of amides is 1. The minimum absolute atomic E-state index is 0.0107. The summed E-state index contributed by atoms with van der Waals surface area (Å²) in [6.07, 6.45) is 0.0316. The fourth-order valence-corrected chi connectivity index (χ4v) is 5.00. The zero-order valence-electron chi connectivity index (χ0n) is 19.0. The largest absolute Gasteiger partial charge is 0.313 e. The zero-order chi connectivity index (χ0) is 23.2. The lowest BCUT2D eigenvalue weighted by Gasteiger charge is -2.32. The van der Waals surface area contributed by atoms with Gasteiger partial charge < -0.3 is 14.8 Å². The van der Waals surface area contributed by atoms with Crippen LogP contribution in [0.2, 0.25) is 0 Å². The zero-order valence-corrected chi connectivity index (χ0v) is 19.0. The standard InChI is InChI=1S/C24H30F2N4O2/c1-15-12-29(8-7-27-15)13-21(31)30-14-24(2,3)22-20(30)10-17(23(32)28(22)4)9-16-5-6-18(25)11-19(16)26/h5-6,10-11,15,27H,7-9,12-14H2,1-4H3. The second-order valence-electron chi connectivity index (χ2n) is 9.63. The number of hydrogen-bond donors (Lipinski definition) is 1. The van der Waals surface area contributed by atoms with Gasteiger partial charge in [0.05, 0.1) is 17.9 Å². The van der Waals surface area contributed by atoms with Crippen LogP contribution in [0.15, 0.2) is 29.1 Å². The van der Waals surface area contributed by atoms with Crippen molar-refractivity contribution in [3.63, 3.8) is 0 Å². The van der Waals surface area contributed by atoms with Crippen molar-refractivity contribution in [3.05, 3.63) is 63.1 Å².